The molecule has 0 spiro atoms. The second-order valence-electron chi connectivity index (χ2n) is 10.3. The molecule has 2 fully saturated rings. The second-order valence-corrected chi connectivity index (χ2v) is 10.3. The highest BCUT2D eigenvalue weighted by Crippen LogP contribution is 2.24. The van der Waals surface area contributed by atoms with Crippen LogP contribution in [0, 0.1) is 5.92 Å². The summed E-state index contributed by atoms with van der Waals surface area (Å²) in [5.74, 6) is 0.428. The summed E-state index contributed by atoms with van der Waals surface area (Å²) in [6, 6.07) is 11.6. The minimum absolute atomic E-state index is 0.137. The van der Waals surface area contributed by atoms with Crippen molar-refractivity contribution in [2.24, 2.45) is 11.7 Å². The van der Waals surface area contributed by atoms with Gasteiger partial charge in [-0.2, -0.15) is 0 Å². The summed E-state index contributed by atoms with van der Waals surface area (Å²) >= 11 is 0. The Hall–Kier alpha value is -2.24. The van der Waals surface area contributed by atoms with Crippen molar-refractivity contribution < 1.29 is 0 Å². The van der Waals surface area contributed by atoms with Crippen LogP contribution in [0.25, 0.3) is 0 Å². The highest BCUT2D eigenvalue weighted by atomic mass is 15.2. The van der Waals surface area contributed by atoms with E-state index in [0.29, 0.717) is 19.0 Å². The van der Waals surface area contributed by atoms with Gasteiger partial charge in [-0.3, -0.25) is 0 Å². The summed E-state index contributed by atoms with van der Waals surface area (Å²) in [5.41, 5.74) is 10.8. The van der Waals surface area contributed by atoms with Gasteiger partial charge < -0.3 is 26.2 Å². The lowest BCUT2D eigenvalue weighted by Gasteiger charge is -2.40. The minimum Gasteiger partial charge on any atom is -0.383 e. The predicted octanol–water partition coefficient (Wildman–Crippen LogP) is 4.64. The molecule has 5 nitrogen and oxygen atoms in total. The van der Waals surface area contributed by atoms with Crippen LogP contribution in [-0.2, 0) is 6.42 Å². The monoisotopic (exact) mass is 479 g/mol. The van der Waals surface area contributed by atoms with E-state index in [0.717, 1.165) is 44.1 Å². The van der Waals surface area contributed by atoms with Gasteiger partial charge in [-0.15, -0.1) is 0 Å². The first-order valence-electron chi connectivity index (χ1n) is 13.8. The van der Waals surface area contributed by atoms with Crippen molar-refractivity contribution in [3.05, 3.63) is 72.2 Å². The van der Waals surface area contributed by atoms with Crippen LogP contribution in [0.4, 0.5) is 0 Å². The summed E-state index contributed by atoms with van der Waals surface area (Å²) in [4.78, 5) is 5.17. The van der Waals surface area contributed by atoms with Crippen molar-refractivity contribution >= 4 is 0 Å². The third-order valence-corrected chi connectivity index (χ3v) is 7.61. The zero-order chi connectivity index (χ0) is 25.0. The molecule has 2 aliphatic heterocycles. The molecule has 0 amide bonds. The number of nitrogens with zero attached hydrogens (tertiary/aromatic N) is 2. The smallest absolute Gasteiger partial charge is 0.0665 e. The van der Waals surface area contributed by atoms with Gasteiger partial charge in [0.15, 0.2) is 0 Å². The molecule has 0 saturated carbocycles. The van der Waals surface area contributed by atoms with Crippen molar-refractivity contribution in [1.29, 1.82) is 0 Å². The molecular formula is C30H49N5. The molecule has 0 radical (unpaired) electrons. The molecule has 1 aromatic carbocycles. The molecule has 2 saturated heterocycles. The zero-order valence-corrected chi connectivity index (χ0v) is 22.3. The molecule has 5 heteroatoms. The lowest BCUT2D eigenvalue weighted by atomic mass is 9.97. The van der Waals surface area contributed by atoms with E-state index in [9.17, 15) is 0 Å². The summed E-state index contributed by atoms with van der Waals surface area (Å²) < 4.78 is 0. The number of nitrogens with two attached hydrogens (primary N) is 1. The molecule has 2 heterocycles. The Balaban J connectivity index is 1.49. The zero-order valence-electron chi connectivity index (χ0n) is 22.3. The van der Waals surface area contributed by atoms with E-state index in [1.54, 1.807) is 0 Å². The first-order valence-corrected chi connectivity index (χ1v) is 13.8. The van der Waals surface area contributed by atoms with Crippen molar-refractivity contribution in [2.45, 2.75) is 70.9 Å². The number of piperidine rings is 1. The fourth-order valence-electron chi connectivity index (χ4n) is 5.59. The van der Waals surface area contributed by atoms with Crippen molar-refractivity contribution in [3.63, 3.8) is 0 Å². The van der Waals surface area contributed by atoms with Gasteiger partial charge in [0.2, 0.25) is 0 Å². The Bertz CT molecular complexity index is 803. The van der Waals surface area contributed by atoms with Crippen molar-refractivity contribution in [1.82, 2.24) is 20.4 Å². The average Bonchev–Trinajstić information content (AvgIpc) is 3.41. The molecule has 3 rings (SSSR count). The lowest BCUT2D eigenvalue weighted by Crippen LogP contribution is -2.47. The van der Waals surface area contributed by atoms with Crippen LogP contribution in [0.2, 0.25) is 0 Å². The van der Waals surface area contributed by atoms with E-state index in [1.807, 2.05) is 0 Å². The number of nitrogens with one attached hydrogen (secondary N) is 2. The number of allylic oxidation sites excluding steroid dienone is 2. The van der Waals surface area contributed by atoms with Gasteiger partial charge in [0.1, 0.15) is 0 Å². The highest BCUT2D eigenvalue weighted by Gasteiger charge is 2.28. The Kier molecular flexibility index (Phi) is 11.2. The number of rotatable bonds is 14. The number of hydrogen-bond acceptors (Lipinski definition) is 5. The molecule has 0 aromatic heterocycles. The number of hydrogen-bond donors (Lipinski definition) is 3. The van der Waals surface area contributed by atoms with Crippen LogP contribution in [0.5, 0.6) is 0 Å². The van der Waals surface area contributed by atoms with Crippen LogP contribution in [-0.4, -0.2) is 61.2 Å². The molecule has 0 bridgehead atoms. The second kappa shape index (κ2) is 14.4. The van der Waals surface area contributed by atoms with Crippen LogP contribution < -0.4 is 16.4 Å². The highest BCUT2D eigenvalue weighted by molar-refractivity contribution is 5.19. The van der Waals surface area contributed by atoms with E-state index in [1.165, 1.54) is 55.7 Å². The van der Waals surface area contributed by atoms with Crippen LogP contribution in [0.3, 0.4) is 0 Å². The predicted molar refractivity (Wildman–Crippen MR) is 150 cm³/mol. The maximum absolute atomic E-state index is 5.99. The third kappa shape index (κ3) is 8.43. The van der Waals surface area contributed by atoms with Gasteiger partial charge in [0, 0.05) is 36.2 Å². The summed E-state index contributed by atoms with van der Waals surface area (Å²) in [6.45, 7) is 19.4. The van der Waals surface area contributed by atoms with Crippen LogP contribution >= 0.6 is 0 Å². The summed E-state index contributed by atoms with van der Waals surface area (Å²) in [7, 11) is 0. The van der Waals surface area contributed by atoms with Gasteiger partial charge in [-0.25, -0.2) is 0 Å². The van der Waals surface area contributed by atoms with E-state index in [2.05, 4.69) is 83.8 Å². The van der Waals surface area contributed by atoms with E-state index in [-0.39, 0.29) is 6.04 Å². The van der Waals surface area contributed by atoms with E-state index in [4.69, 9.17) is 5.73 Å². The Labute approximate surface area is 214 Å². The fraction of sp³-hybridized carbons (Fsp3) is 0.600. The standard InChI is InChI=1S/C30H49N5/c1-5-11-29(24(2)22-27-12-7-6-8-13-27)32-23-25(3)33-30(14-17-31)26(4)34-20-15-28(16-21-34)35-18-9-10-19-35/h6-8,11-13,24,28,30,32-33H,3-5,9-10,14-23,31H2,1-2H3. The number of benzene rings is 1. The Morgan fingerprint density at radius 1 is 1.11 bits per heavy atom. The largest absolute Gasteiger partial charge is 0.383 e. The maximum Gasteiger partial charge on any atom is 0.0665 e. The first kappa shape index (κ1) is 27.3. The number of likely N-dealkylation sites (tertiary alicyclic amines) is 2. The van der Waals surface area contributed by atoms with Crippen molar-refractivity contribution in [2.75, 3.05) is 39.3 Å². The van der Waals surface area contributed by atoms with E-state index >= 15 is 0 Å². The Morgan fingerprint density at radius 3 is 2.43 bits per heavy atom. The van der Waals surface area contributed by atoms with Gasteiger partial charge in [0.25, 0.3) is 0 Å². The average molecular weight is 480 g/mol. The summed E-state index contributed by atoms with van der Waals surface area (Å²) in [6.07, 6.45) is 10.4. The van der Waals surface area contributed by atoms with Gasteiger partial charge >= 0.3 is 0 Å². The van der Waals surface area contributed by atoms with Crippen molar-refractivity contribution in [3.8, 4) is 0 Å². The minimum atomic E-state index is 0.137. The molecule has 1 aromatic rings. The molecule has 4 N–H and O–H groups in total. The quantitative estimate of drug-likeness (QED) is 0.363. The normalized spacial score (nSPS) is 19.4. The molecule has 2 atom stereocenters. The van der Waals surface area contributed by atoms with E-state index < -0.39 is 0 Å². The van der Waals surface area contributed by atoms with Gasteiger partial charge in [0.05, 0.1) is 12.6 Å². The SMILES string of the molecule is C=C(CNC(=CCC)C(C)Cc1ccccc1)NC(CCN)C(=C)N1CCC(N2CCCC2)CC1. The Morgan fingerprint density at radius 2 is 1.80 bits per heavy atom. The first-order chi connectivity index (χ1) is 17.0. The summed E-state index contributed by atoms with van der Waals surface area (Å²) in [5, 5.41) is 7.31. The van der Waals surface area contributed by atoms with Crippen LogP contribution in [0.1, 0.15) is 57.9 Å². The molecule has 2 unspecified atom stereocenters. The molecule has 0 aliphatic carbocycles. The molecule has 2 aliphatic rings. The molecule has 194 valence electrons. The van der Waals surface area contributed by atoms with Gasteiger partial charge in [-0.05, 0) is 76.1 Å². The lowest BCUT2D eigenvalue weighted by molar-refractivity contribution is 0.142. The third-order valence-electron chi connectivity index (χ3n) is 7.61. The van der Waals surface area contributed by atoms with Crippen LogP contribution in [0.15, 0.2) is 66.7 Å². The molecular weight excluding hydrogens is 430 g/mol. The maximum atomic E-state index is 5.99. The topological polar surface area (TPSA) is 56.6 Å². The molecule has 35 heavy (non-hydrogen) atoms. The fourth-order valence-corrected chi connectivity index (χ4v) is 5.59. The van der Waals surface area contributed by atoms with Gasteiger partial charge in [-0.1, -0.05) is 63.4 Å².